The van der Waals surface area contributed by atoms with Gasteiger partial charge in [-0.25, -0.2) is 9.67 Å². The third-order valence-electron chi connectivity index (χ3n) is 5.91. The zero-order valence-corrected chi connectivity index (χ0v) is 17.5. The first-order valence-electron chi connectivity index (χ1n) is 10.5. The topological polar surface area (TPSA) is 89.8 Å². The molecule has 0 saturated carbocycles. The Labute approximate surface area is 180 Å². The number of benzene rings is 1. The van der Waals surface area contributed by atoms with Crippen LogP contribution in [0.15, 0.2) is 61.2 Å². The number of rotatable bonds is 6. The molecule has 8 heteroatoms. The van der Waals surface area contributed by atoms with Crippen LogP contribution in [0.2, 0.25) is 0 Å². The molecule has 1 aliphatic heterocycles. The van der Waals surface area contributed by atoms with E-state index in [1.165, 1.54) is 0 Å². The lowest BCUT2D eigenvalue weighted by atomic mass is 9.76. The van der Waals surface area contributed by atoms with Crippen molar-refractivity contribution in [3.05, 3.63) is 66.9 Å². The summed E-state index contributed by atoms with van der Waals surface area (Å²) in [6.07, 6.45) is 8.86. The molecule has 1 fully saturated rings. The number of hydrogen-bond acceptors (Lipinski definition) is 7. The lowest BCUT2D eigenvalue weighted by molar-refractivity contribution is 0.105. The van der Waals surface area contributed by atoms with E-state index in [2.05, 4.69) is 38.8 Å². The highest BCUT2D eigenvalue weighted by Gasteiger charge is 2.35. The van der Waals surface area contributed by atoms with E-state index in [1.54, 1.807) is 25.7 Å². The predicted octanol–water partition coefficient (Wildman–Crippen LogP) is 3.22. The van der Waals surface area contributed by atoms with E-state index in [0.29, 0.717) is 12.4 Å². The normalized spacial score (nSPS) is 15.8. The fourth-order valence-electron chi connectivity index (χ4n) is 4.34. The van der Waals surface area contributed by atoms with Gasteiger partial charge < -0.3 is 15.4 Å². The van der Waals surface area contributed by atoms with Gasteiger partial charge in [0.25, 0.3) is 0 Å². The van der Waals surface area contributed by atoms with Crippen molar-refractivity contribution in [1.29, 1.82) is 0 Å². The van der Waals surface area contributed by atoms with Crippen molar-refractivity contribution in [2.24, 2.45) is 0 Å². The monoisotopic (exact) mass is 415 g/mol. The summed E-state index contributed by atoms with van der Waals surface area (Å²) in [6.45, 7) is 2.59. The highest BCUT2D eigenvalue weighted by molar-refractivity contribution is 5.92. The minimum Gasteiger partial charge on any atom is -0.384 e. The van der Waals surface area contributed by atoms with Gasteiger partial charge in [-0.15, -0.1) is 5.10 Å². The molecule has 0 atom stereocenters. The molecule has 0 aliphatic carbocycles. The van der Waals surface area contributed by atoms with Crippen LogP contribution in [0.1, 0.15) is 18.5 Å². The second-order valence-corrected chi connectivity index (χ2v) is 7.86. The van der Waals surface area contributed by atoms with Crippen molar-refractivity contribution in [3.8, 4) is 5.69 Å². The molecule has 5 rings (SSSR count). The molecule has 3 aromatic heterocycles. The van der Waals surface area contributed by atoms with E-state index in [-0.39, 0.29) is 5.41 Å². The summed E-state index contributed by atoms with van der Waals surface area (Å²) < 4.78 is 7.57. The maximum absolute atomic E-state index is 5.61. The van der Waals surface area contributed by atoms with E-state index in [9.17, 15) is 0 Å². The zero-order valence-electron chi connectivity index (χ0n) is 17.5. The number of aromatic nitrogens is 5. The van der Waals surface area contributed by atoms with Crippen LogP contribution in [0.3, 0.4) is 0 Å². The van der Waals surface area contributed by atoms with E-state index >= 15 is 0 Å². The number of methoxy groups -OCH3 is 1. The lowest BCUT2D eigenvalue weighted by Gasteiger charge is -2.36. The number of nitrogens with one attached hydrogen (secondary N) is 2. The first kappa shape index (κ1) is 19.6. The summed E-state index contributed by atoms with van der Waals surface area (Å²) in [5, 5.41) is 12.6. The number of anilines is 2. The maximum atomic E-state index is 5.61. The quantitative estimate of drug-likeness (QED) is 0.500. The predicted molar refractivity (Wildman–Crippen MR) is 120 cm³/mol. The van der Waals surface area contributed by atoms with Crippen LogP contribution < -0.4 is 10.6 Å². The van der Waals surface area contributed by atoms with Gasteiger partial charge in [0.2, 0.25) is 0 Å². The Kier molecular flexibility index (Phi) is 5.31. The van der Waals surface area contributed by atoms with E-state index in [0.717, 1.165) is 54.0 Å². The Morgan fingerprint density at radius 3 is 2.77 bits per heavy atom. The van der Waals surface area contributed by atoms with Gasteiger partial charge in [-0.1, -0.05) is 12.1 Å². The van der Waals surface area contributed by atoms with Gasteiger partial charge in [-0.2, -0.15) is 0 Å². The standard InChI is InChI=1S/C23H25N7O/c1-31-16-23(7-10-24-11-8-23)20-14-17(6-9-26-20)30-19-5-3-2-4-18(19)22(29-30)28-21-15-25-12-13-27-21/h2-6,9,12-15,24H,7-8,10-11,16H2,1H3,(H,27,28,29). The zero-order chi connectivity index (χ0) is 21.1. The molecule has 1 saturated heterocycles. The molecule has 31 heavy (non-hydrogen) atoms. The molecule has 0 bridgehead atoms. The van der Waals surface area contributed by atoms with Crippen LogP contribution in [0.4, 0.5) is 11.6 Å². The number of fused-ring (bicyclic) bond motifs is 1. The molecule has 4 aromatic rings. The molecule has 0 spiro atoms. The number of para-hydroxylation sites is 1. The number of pyridine rings is 1. The second-order valence-electron chi connectivity index (χ2n) is 7.86. The molecule has 0 amide bonds. The first-order chi connectivity index (χ1) is 15.3. The Morgan fingerprint density at radius 1 is 1.10 bits per heavy atom. The minimum atomic E-state index is -0.0837. The first-order valence-corrected chi connectivity index (χ1v) is 10.5. The van der Waals surface area contributed by atoms with Crippen molar-refractivity contribution >= 4 is 22.5 Å². The van der Waals surface area contributed by atoms with Gasteiger partial charge in [0, 0.05) is 36.5 Å². The van der Waals surface area contributed by atoms with Crippen molar-refractivity contribution in [3.63, 3.8) is 0 Å². The fourth-order valence-corrected chi connectivity index (χ4v) is 4.34. The molecule has 2 N–H and O–H groups in total. The minimum absolute atomic E-state index is 0.0837. The van der Waals surface area contributed by atoms with Gasteiger partial charge in [0.1, 0.15) is 5.82 Å². The summed E-state index contributed by atoms with van der Waals surface area (Å²) in [6, 6.07) is 12.3. The molecule has 158 valence electrons. The average Bonchev–Trinajstić information content (AvgIpc) is 3.19. The third-order valence-corrected chi connectivity index (χ3v) is 5.91. The van der Waals surface area contributed by atoms with Crippen LogP contribution in [0.25, 0.3) is 16.6 Å². The average molecular weight is 416 g/mol. The van der Waals surface area contributed by atoms with E-state index < -0.39 is 0 Å². The van der Waals surface area contributed by atoms with Crippen LogP contribution >= 0.6 is 0 Å². The molecule has 0 radical (unpaired) electrons. The van der Waals surface area contributed by atoms with Gasteiger partial charge >= 0.3 is 0 Å². The molecule has 0 unspecified atom stereocenters. The third kappa shape index (κ3) is 3.75. The summed E-state index contributed by atoms with van der Waals surface area (Å²) in [5.74, 6) is 1.39. The molecule has 4 heterocycles. The van der Waals surface area contributed by atoms with Gasteiger partial charge in [-0.05, 0) is 50.2 Å². The summed E-state index contributed by atoms with van der Waals surface area (Å²) in [7, 11) is 1.76. The summed E-state index contributed by atoms with van der Waals surface area (Å²) in [4.78, 5) is 13.2. The number of nitrogens with zero attached hydrogens (tertiary/aromatic N) is 5. The second kappa shape index (κ2) is 8.41. The molecule has 1 aliphatic rings. The van der Waals surface area contributed by atoms with Gasteiger partial charge in [0.15, 0.2) is 5.82 Å². The summed E-state index contributed by atoms with van der Waals surface area (Å²) >= 11 is 0. The smallest absolute Gasteiger partial charge is 0.162 e. The fraction of sp³-hybridized carbons (Fsp3) is 0.304. The van der Waals surface area contributed by atoms with E-state index in [4.69, 9.17) is 14.8 Å². The van der Waals surface area contributed by atoms with Gasteiger partial charge in [-0.3, -0.25) is 9.97 Å². The number of ether oxygens (including phenoxy) is 1. The van der Waals surface area contributed by atoms with Crippen LogP contribution in [-0.2, 0) is 10.2 Å². The highest BCUT2D eigenvalue weighted by Crippen LogP contribution is 2.34. The Morgan fingerprint density at radius 2 is 1.97 bits per heavy atom. The Bertz CT molecular complexity index is 1160. The van der Waals surface area contributed by atoms with Crippen molar-refractivity contribution in [2.45, 2.75) is 18.3 Å². The van der Waals surface area contributed by atoms with Crippen molar-refractivity contribution in [2.75, 3.05) is 32.1 Å². The maximum Gasteiger partial charge on any atom is 0.162 e. The number of hydrogen-bond donors (Lipinski definition) is 2. The highest BCUT2D eigenvalue weighted by atomic mass is 16.5. The van der Waals surface area contributed by atoms with Crippen LogP contribution in [-0.4, -0.2) is 51.5 Å². The van der Waals surface area contributed by atoms with Crippen LogP contribution in [0, 0.1) is 0 Å². The molecular weight excluding hydrogens is 390 g/mol. The van der Waals surface area contributed by atoms with E-state index in [1.807, 2.05) is 29.1 Å². The van der Waals surface area contributed by atoms with Crippen LogP contribution in [0.5, 0.6) is 0 Å². The SMILES string of the molecule is COCC1(c2cc(-n3nc(Nc4cnccn4)c4ccccc43)ccn2)CCNCC1. The summed E-state index contributed by atoms with van der Waals surface area (Å²) in [5.41, 5.74) is 2.95. The largest absolute Gasteiger partial charge is 0.384 e. The van der Waals surface area contributed by atoms with Gasteiger partial charge in [0.05, 0.1) is 29.7 Å². The number of piperidine rings is 1. The lowest BCUT2D eigenvalue weighted by Crippen LogP contribution is -2.43. The molecule has 1 aromatic carbocycles. The van der Waals surface area contributed by atoms with Crippen molar-refractivity contribution < 1.29 is 4.74 Å². The molecule has 8 nitrogen and oxygen atoms in total. The van der Waals surface area contributed by atoms with Crippen molar-refractivity contribution in [1.82, 2.24) is 30.0 Å². The Hall–Kier alpha value is -3.36. The molecular formula is C23H25N7O. The Balaban J connectivity index is 1.58.